The molecule has 2 rings (SSSR count). The Morgan fingerprint density at radius 2 is 1.66 bits per heavy atom. The first kappa shape index (κ1) is 28.3. The minimum Gasteiger partial charge on any atom is -0.350 e. The van der Waals surface area contributed by atoms with Crippen molar-refractivity contribution in [3.63, 3.8) is 0 Å². The van der Waals surface area contributed by atoms with Crippen LogP contribution in [0, 0.1) is 12.7 Å². The zero-order chi connectivity index (χ0) is 26.4. The van der Waals surface area contributed by atoms with Crippen LogP contribution in [0.3, 0.4) is 0 Å². The maximum atomic E-state index is 14.3. The molecule has 0 heterocycles. The molecular weight excluding hydrogens is 469 g/mol. The summed E-state index contributed by atoms with van der Waals surface area (Å²) in [6.07, 6.45) is 1.36. The zero-order valence-corrected chi connectivity index (χ0v) is 22.2. The molecule has 0 saturated heterocycles. The number of nitrogens with zero attached hydrogens (tertiary/aromatic N) is 2. The first-order valence-electron chi connectivity index (χ1n) is 11.6. The van der Waals surface area contributed by atoms with Gasteiger partial charge in [-0.1, -0.05) is 35.9 Å². The lowest BCUT2D eigenvalue weighted by Gasteiger charge is -2.32. The summed E-state index contributed by atoms with van der Waals surface area (Å²) in [7, 11) is -3.56. The number of nitrogens with one attached hydrogen (secondary N) is 1. The van der Waals surface area contributed by atoms with Gasteiger partial charge in [-0.15, -0.1) is 0 Å². The molecular formula is C26H36FN3O4S. The van der Waals surface area contributed by atoms with E-state index in [1.54, 1.807) is 37.3 Å². The van der Waals surface area contributed by atoms with Gasteiger partial charge in [-0.3, -0.25) is 13.9 Å². The molecule has 0 unspecified atom stereocenters. The lowest BCUT2D eigenvalue weighted by atomic mass is 10.1. The fourth-order valence-corrected chi connectivity index (χ4v) is 4.55. The van der Waals surface area contributed by atoms with Crippen molar-refractivity contribution in [2.45, 2.75) is 65.6 Å². The lowest BCUT2D eigenvalue weighted by Crippen LogP contribution is -2.52. The number of sulfonamides is 1. The Morgan fingerprint density at radius 1 is 1.06 bits per heavy atom. The first-order valence-corrected chi connectivity index (χ1v) is 13.4. The SMILES string of the molecule is Cc1ccc(N(CCCC(=O)N(Cc2ccccc2F)[C@H](C)C(=O)NC(C)(C)C)S(C)(=O)=O)cc1. The zero-order valence-electron chi connectivity index (χ0n) is 21.3. The topological polar surface area (TPSA) is 86.8 Å². The predicted octanol–water partition coefficient (Wildman–Crippen LogP) is 4.01. The highest BCUT2D eigenvalue weighted by molar-refractivity contribution is 7.92. The molecule has 0 bridgehead atoms. The monoisotopic (exact) mass is 505 g/mol. The molecule has 0 radical (unpaired) electrons. The van der Waals surface area contributed by atoms with Gasteiger partial charge in [0.05, 0.1) is 11.9 Å². The van der Waals surface area contributed by atoms with E-state index in [9.17, 15) is 22.4 Å². The van der Waals surface area contributed by atoms with Crippen molar-refractivity contribution >= 4 is 27.5 Å². The molecule has 0 aliphatic carbocycles. The van der Waals surface area contributed by atoms with Crippen LogP contribution < -0.4 is 9.62 Å². The maximum absolute atomic E-state index is 14.3. The molecule has 0 aromatic heterocycles. The molecule has 0 spiro atoms. The van der Waals surface area contributed by atoms with Crippen LogP contribution in [-0.4, -0.2) is 49.5 Å². The summed E-state index contributed by atoms with van der Waals surface area (Å²) in [5.41, 5.74) is 1.33. The summed E-state index contributed by atoms with van der Waals surface area (Å²) in [5, 5.41) is 2.86. The predicted molar refractivity (Wildman–Crippen MR) is 137 cm³/mol. The molecule has 0 fully saturated rings. The maximum Gasteiger partial charge on any atom is 0.242 e. The van der Waals surface area contributed by atoms with E-state index in [4.69, 9.17) is 0 Å². The van der Waals surface area contributed by atoms with E-state index in [1.165, 1.54) is 15.3 Å². The van der Waals surface area contributed by atoms with E-state index in [0.29, 0.717) is 11.3 Å². The van der Waals surface area contributed by atoms with Crippen molar-refractivity contribution < 1.29 is 22.4 Å². The molecule has 9 heteroatoms. The number of carbonyl (C=O) groups is 2. The fourth-order valence-electron chi connectivity index (χ4n) is 3.58. The van der Waals surface area contributed by atoms with Gasteiger partial charge in [0.1, 0.15) is 11.9 Å². The molecule has 2 amide bonds. The van der Waals surface area contributed by atoms with Crippen molar-refractivity contribution in [2.75, 3.05) is 17.1 Å². The average Bonchev–Trinajstić information content (AvgIpc) is 2.74. The second-order valence-corrected chi connectivity index (χ2v) is 11.7. The molecule has 1 atom stereocenters. The summed E-state index contributed by atoms with van der Waals surface area (Å²) in [4.78, 5) is 27.4. The Bertz CT molecular complexity index is 1130. The number of hydrogen-bond donors (Lipinski definition) is 1. The Hall–Kier alpha value is -2.94. The molecule has 192 valence electrons. The fraction of sp³-hybridized carbons (Fsp3) is 0.462. The van der Waals surface area contributed by atoms with E-state index in [-0.39, 0.29) is 37.7 Å². The van der Waals surface area contributed by atoms with Gasteiger partial charge in [-0.25, -0.2) is 12.8 Å². The van der Waals surface area contributed by atoms with Crippen LogP contribution in [0.2, 0.25) is 0 Å². The van der Waals surface area contributed by atoms with Crippen LogP contribution in [0.4, 0.5) is 10.1 Å². The highest BCUT2D eigenvalue weighted by Gasteiger charge is 2.29. The second-order valence-electron chi connectivity index (χ2n) is 9.80. The van der Waals surface area contributed by atoms with Crippen LogP contribution in [-0.2, 0) is 26.2 Å². The van der Waals surface area contributed by atoms with Crippen LogP contribution in [0.1, 0.15) is 51.7 Å². The Morgan fingerprint density at radius 3 is 2.20 bits per heavy atom. The number of aryl methyl sites for hydroxylation is 1. The minimum atomic E-state index is -3.56. The lowest BCUT2D eigenvalue weighted by molar-refractivity contribution is -0.141. The summed E-state index contributed by atoms with van der Waals surface area (Å²) in [6.45, 7) is 9.06. The van der Waals surface area contributed by atoms with Crippen LogP contribution in [0.15, 0.2) is 48.5 Å². The Balaban J connectivity index is 2.19. The number of halogens is 1. The summed E-state index contributed by atoms with van der Waals surface area (Å²) < 4.78 is 40.3. The third-order valence-corrected chi connectivity index (χ3v) is 6.63. The third kappa shape index (κ3) is 8.65. The number of carbonyl (C=O) groups excluding carboxylic acids is 2. The van der Waals surface area contributed by atoms with Crippen molar-refractivity contribution in [3.05, 3.63) is 65.5 Å². The van der Waals surface area contributed by atoms with Crippen LogP contribution in [0.25, 0.3) is 0 Å². The normalized spacial score (nSPS) is 12.7. The molecule has 7 nitrogen and oxygen atoms in total. The molecule has 2 aromatic carbocycles. The smallest absolute Gasteiger partial charge is 0.242 e. The summed E-state index contributed by atoms with van der Waals surface area (Å²) >= 11 is 0. The molecule has 0 saturated carbocycles. The van der Waals surface area contributed by atoms with E-state index in [0.717, 1.165) is 11.8 Å². The van der Waals surface area contributed by atoms with Crippen molar-refractivity contribution in [1.29, 1.82) is 0 Å². The van der Waals surface area contributed by atoms with Gasteiger partial charge in [-0.2, -0.15) is 0 Å². The van der Waals surface area contributed by atoms with Gasteiger partial charge in [0, 0.05) is 30.6 Å². The largest absolute Gasteiger partial charge is 0.350 e. The molecule has 2 aromatic rings. The van der Waals surface area contributed by atoms with E-state index >= 15 is 0 Å². The van der Waals surface area contributed by atoms with Crippen LogP contribution >= 0.6 is 0 Å². The number of amides is 2. The third-order valence-electron chi connectivity index (χ3n) is 5.44. The van der Waals surface area contributed by atoms with E-state index in [1.807, 2.05) is 39.8 Å². The number of benzene rings is 2. The number of rotatable bonds is 10. The van der Waals surface area contributed by atoms with Crippen LogP contribution in [0.5, 0.6) is 0 Å². The number of hydrogen-bond acceptors (Lipinski definition) is 4. The Labute approximate surface area is 208 Å². The molecule has 1 N–H and O–H groups in total. The van der Waals surface area contributed by atoms with Crippen molar-refractivity contribution in [2.24, 2.45) is 0 Å². The van der Waals surface area contributed by atoms with Gasteiger partial charge in [0.25, 0.3) is 0 Å². The summed E-state index contributed by atoms with van der Waals surface area (Å²) in [5.74, 6) is -1.17. The second kappa shape index (κ2) is 11.7. The standard InChI is InChI=1S/C26H36FN3O4S/c1-19-13-15-22(16-14-19)30(35(6,33)34)17-9-12-24(31)29(18-21-10-7-8-11-23(21)27)20(2)25(32)28-26(3,4)5/h7-8,10-11,13-16,20H,9,12,17-18H2,1-6H3,(H,28,32)/t20-/m1/s1. The van der Waals surface area contributed by atoms with Gasteiger partial charge in [0.2, 0.25) is 21.8 Å². The van der Waals surface area contributed by atoms with E-state index < -0.39 is 27.4 Å². The number of anilines is 1. The highest BCUT2D eigenvalue weighted by Crippen LogP contribution is 2.20. The van der Waals surface area contributed by atoms with Gasteiger partial charge in [-0.05, 0) is 59.2 Å². The van der Waals surface area contributed by atoms with Gasteiger partial charge < -0.3 is 10.2 Å². The quantitative estimate of drug-likeness (QED) is 0.529. The molecule has 0 aliphatic heterocycles. The van der Waals surface area contributed by atoms with Crippen molar-refractivity contribution in [3.8, 4) is 0 Å². The molecule has 0 aliphatic rings. The Kier molecular flexibility index (Phi) is 9.43. The average molecular weight is 506 g/mol. The molecule has 35 heavy (non-hydrogen) atoms. The van der Waals surface area contributed by atoms with Gasteiger partial charge in [0.15, 0.2) is 0 Å². The van der Waals surface area contributed by atoms with E-state index in [2.05, 4.69) is 5.32 Å². The highest BCUT2D eigenvalue weighted by atomic mass is 32.2. The first-order chi connectivity index (χ1) is 16.2. The minimum absolute atomic E-state index is 0.000524. The van der Waals surface area contributed by atoms with Crippen molar-refractivity contribution in [1.82, 2.24) is 10.2 Å². The van der Waals surface area contributed by atoms with Gasteiger partial charge >= 0.3 is 0 Å². The summed E-state index contributed by atoms with van der Waals surface area (Å²) in [6, 6.07) is 12.4.